The lowest BCUT2D eigenvalue weighted by Gasteiger charge is -2.01. The maximum absolute atomic E-state index is 11.2. The van der Waals surface area contributed by atoms with Crippen molar-refractivity contribution in [1.29, 1.82) is 0 Å². The Hall–Kier alpha value is -3.16. The number of furan rings is 1. The summed E-state index contributed by atoms with van der Waals surface area (Å²) in [5.74, 6) is 1.01. The number of carbonyl (C=O) groups is 1. The van der Waals surface area contributed by atoms with E-state index in [1.165, 1.54) is 12.1 Å². The van der Waals surface area contributed by atoms with Gasteiger partial charge in [-0.25, -0.2) is 10.2 Å². The fourth-order valence-electron chi connectivity index (χ4n) is 1.78. The molecule has 1 N–H and O–H groups in total. The van der Waals surface area contributed by atoms with Gasteiger partial charge in [-0.2, -0.15) is 5.10 Å². The Balaban J connectivity index is 2.12. The van der Waals surface area contributed by atoms with E-state index in [0.717, 1.165) is 0 Å². The topological polar surface area (TPSA) is 107 Å². The number of nitrogens with one attached hydrogen (secondary N) is 1. The average Bonchev–Trinajstić information content (AvgIpc) is 3.03. The average molecular weight is 317 g/mol. The number of hydrogen-bond acceptors (Lipinski definition) is 6. The van der Waals surface area contributed by atoms with E-state index in [1.54, 1.807) is 38.1 Å². The monoisotopic (exact) mass is 317 g/mol. The van der Waals surface area contributed by atoms with Crippen LogP contribution in [0.1, 0.15) is 19.6 Å². The molecule has 1 aromatic heterocycles. The number of carbonyl (C=O) groups excluding carboxylic acids is 1. The highest BCUT2D eigenvalue weighted by atomic mass is 16.6. The lowest BCUT2D eigenvalue weighted by molar-refractivity contribution is -0.384. The van der Waals surface area contributed by atoms with Gasteiger partial charge in [0, 0.05) is 17.7 Å². The summed E-state index contributed by atoms with van der Waals surface area (Å²) in [6.07, 6.45) is -0.644. The largest absolute Gasteiger partial charge is 0.455 e. The van der Waals surface area contributed by atoms with Crippen molar-refractivity contribution in [3.8, 4) is 11.3 Å². The molecule has 0 aliphatic rings. The summed E-state index contributed by atoms with van der Waals surface area (Å²) in [5.41, 5.74) is 3.42. The van der Waals surface area contributed by atoms with Gasteiger partial charge in [0.15, 0.2) is 5.76 Å². The predicted molar refractivity (Wildman–Crippen MR) is 83.2 cm³/mol. The Kier molecular flexibility index (Phi) is 5.08. The molecule has 0 spiro atoms. The molecule has 0 radical (unpaired) electrons. The van der Waals surface area contributed by atoms with Gasteiger partial charge >= 0.3 is 6.09 Å². The molecule has 2 rings (SSSR count). The highest BCUT2D eigenvalue weighted by molar-refractivity contribution is 5.97. The van der Waals surface area contributed by atoms with Crippen LogP contribution in [0.5, 0.6) is 0 Å². The van der Waals surface area contributed by atoms with Gasteiger partial charge in [0.05, 0.1) is 11.5 Å². The first-order chi connectivity index (χ1) is 11.0. The third kappa shape index (κ3) is 4.16. The van der Waals surface area contributed by atoms with E-state index in [4.69, 9.17) is 9.15 Å². The molecular weight excluding hydrogens is 302 g/mol. The first-order valence-electron chi connectivity index (χ1n) is 6.83. The molecule has 1 heterocycles. The second-order valence-electron chi connectivity index (χ2n) is 4.50. The number of ether oxygens (including phenoxy) is 1. The highest BCUT2D eigenvalue weighted by Crippen LogP contribution is 2.24. The molecule has 120 valence electrons. The van der Waals surface area contributed by atoms with Crippen molar-refractivity contribution in [2.24, 2.45) is 5.10 Å². The van der Waals surface area contributed by atoms with Crippen molar-refractivity contribution < 1.29 is 18.9 Å². The molecule has 1 amide bonds. The SMILES string of the molecule is CCOC(=O)NN=C(C)c1ccc(-c2ccc([N+](=O)[O-])cc2)o1. The first kappa shape index (κ1) is 16.2. The number of non-ortho nitro benzene ring substituents is 1. The van der Waals surface area contributed by atoms with Crippen LogP contribution >= 0.6 is 0 Å². The quantitative estimate of drug-likeness (QED) is 0.517. The van der Waals surface area contributed by atoms with Crippen molar-refractivity contribution in [3.63, 3.8) is 0 Å². The number of benzene rings is 1. The normalized spacial score (nSPS) is 11.1. The first-order valence-corrected chi connectivity index (χ1v) is 6.83. The Morgan fingerprint density at radius 1 is 1.30 bits per heavy atom. The summed E-state index contributed by atoms with van der Waals surface area (Å²) in [4.78, 5) is 21.3. The van der Waals surface area contributed by atoms with Crippen molar-refractivity contribution in [3.05, 3.63) is 52.3 Å². The standard InChI is InChI=1S/C15H15N3O5/c1-3-22-15(19)17-16-10(2)13-8-9-14(23-13)11-4-6-12(7-5-11)18(20)21/h4-9H,3H2,1-2H3,(H,17,19). The van der Waals surface area contributed by atoms with Gasteiger partial charge in [-0.3, -0.25) is 10.1 Å². The van der Waals surface area contributed by atoms with Crippen LogP contribution in [-0.4, -0.2) is 23.3 Å². The summed E-state index contributed by atoms with van der Waals surface area (Å²) >= 11 is 0. The zero-order valence-corrected chi connectivity index (χ0v) is 12.6. The van der Waals surface area contributed by atoms with Gasteiger partial charge in [0.2, 0.25) is 0 Å². The van der Waals surface area contributed by atoms with Crippen LogP contribution in [0.2, 0.25) is 0 Å². The molecule has 0 aliphatic carbocycles. The smallest absolute Gasteiger partial charge is 0.427 e. The Bertz CT molecular complexity index is 734. The molecule has 2 aromatic rings. The number of hydrogen-bond donors (Lipinski definition) is 1. The Morgan fingerprint density at radius 3 is 2.61 bits per heavy atom. The zero-order chi connectivity index (χ0) is 16.8. The van der Waals surface area contributed by atoms with E-state index < -0.39 is 11.0 Å². The maximum Gasteiger partial charge on any atom is 0.427 e. The van der Waals surface area contributed by atoms with Gasteiger partial charge in [-0.05, 0) is 38.1 Å². The third-order valence-electron chi connectivity index (χ3n) is 2.92. The van der Waals surface area contributed by atoms with Crippen LogP contribution in [0.3, 0.4) is 0 Å². The molecule has 0 saturated heterocycles. The van der Waals surface area contributed by atoms with E-state index in [1.807, 2.05) is 0 Å². The summed E-state index contributed by atoms with van der Waals surface area (Å²) in [6, 6.07) is 9.43. The van der Waals surface area contributed by atoms with Gasteiger partial charge in [0.1, 0.15) is 11.5 Å². The van der Waals surface area contributed by atoms with E-state index in [9.17, 15) is 14.9 Å². The molecule has 8 heteroatoms. The maximum atomic E-state index is 11.2. The summed E-state index contributed by atoms with van der Waals surface area (Å²) in [6.45, 7) is 3.62. The van der Waals surface area contributed by atoms with Gasteiger partial charge in [-0.15, -0.1) is 0 Å². The molecule has 0 fully saturated rings. The van der Waals surface area contributed by atoms with Crippen LogP contribution in [0.4, 0.5) is 10.5 Å². The zero-order valence-electron chi connectivity index (χ0n) is 12.6. The molecular formula is C15H15N3O5. The fraction of sp³-hybridized carbons (Fsp3) is 0.200. The number of nitrogens with zero attached hydrogens (tertiary/aromatic N) is 2. The number of nitro groups is 1. The molecule has 23 heavy (non-hydrogen) atoms. The minimum Gasteiger partial charge on any atom is -0.455 e. The van der Waals surface area contributed by atoms with E-state index in [0.29, 0.717) is 22.8 Å². The van der Waals surface area contributed by atoms with Crippen LogP contribution in [0, 0.1) is 10.1 Å². The van der Waals surface area contributed by atoms with Crippen LogP contribution in [0.25, 0.3) is 11.3 Å². The van der Waals surface area contributed by atoms with Gasteiger partial charge < -0.3 is 9.15 Å². The molecule has 0 unspecified atom stereocenters. The minimum absolute atomic E-state index is 0.0110. The van der Waals surface area contributed by atoms with Gasteiger partial charge in [-0.1, -0.05) is 0 Å². The van der Waals surface area contributed by atoms with E-state index >= 15 is 0 Å². The molecule has 0 saturated carbocycles. The lowest BCUT2D eigenvalue weighted by Crippen LogP contribution is -2.20. The highest BCUT2D eigenvalue weighted by Gasteiger charge is 2.10. The second-order valence-corrected chi connectivity index (χ2v) is 4.50. The molecule has 8 nitrogen and oxygen atoms in total. The second kappa shape index (κ2) is 7.21. The lowest BCUT2D eigenvalue weighted by atomic mass is 10.1. The number of nitro benzene ring substituents is 1. The number of amides is 1. The third-order valence-corrected chi connectivity index (χ3v) is 2.92. The van der Waals surface area contributed by atoms with E-state index in [2.05, 4.69) is 10.5 Å². The molecule has 1 aromatic carbocycles. The van der Waals surface area contributed by atoms with Gasteiger partial charge in [0.25, 0.3) is 5.69 Å². The Labute approximate surface area is 131 Å². The predicted octanol–water partition coefficient (Wildman–Crippen LogP) is 3.32. The van der Waals surface area contributed by atoms with Crippen molar-refractivity contribution >= 4 is 17.5 Å². The molecule has 0 atom stereocenters. The van der Waals surface area contributed by atoms with Crippen molar-refractivity contribution in [1.82, 2.24) is 5.43 Å². The Morgan fingerprint density at radius 2 is 2.00 bits per heavy atom. The summed E-state index contributed by atoms with van der Waals surface area (Å²) in [5, 5.41) is 14.5. The van der Waals surface area contributed by atoms with E-state index in [-0.39, 0.29) is 12.3 Å². The summed E-state index contributed by atoms with van der Waals surface area (Å²) < 4.78 is 10.3. The number of hydrazone groups is 1. The van der Waals surface area contributed by atoms with Crippen molar-refractivity contribution in [2.75, 3.05) is 6.61 Å². The fourth-order valence-corrected chi connectivity index (χ4v) is 1.78. The molecule has 0 bridgehead atoms. The van der Waals surface area contributed by atoms with Crippen LogP contribution in [0.15, 0.2) is 45.9 Å². The minimum atomic E-state index is -0.644. The number of rotatable bonds is 5. The van der Waals surface area contributed by atoms with Crippen molar-refractivity contribution in [2.45, 2.75) is 13.8 Å². The van der Waals surface area contributed by atoms with Crippen LogP contribution in [-0.2, 0) is 4.74 Å². The summed E-state index contributed by atoms with van der Waals surface area (Å²) in [7, 11) is 0. The molecule has 0 aliphatic heterocycles. The van der Waals surface area contributed by atoms with Crippen LogP contribution < -0.4 is 5.43 Å².